The van der Waals surface area contributed by atoms with Crippen LogP contribution in [0.2, 0.25) is 0 Å². The molecule has 0 aliphatic carbocycles. The van der Waals surface area contributed by atoms with E-state index < -0.39 is 0 Å². The zero-order valence-electron chi connectivity index (χ0n) is 9.08. The maximum Gasteiger partial charge on any atom is 0.330 e. The molecule has 0 rings (SSSR count). The molecule has 0 aromatic carbocycles. The Morgan fingerprint density at radius 2 is 1.86 bits per heavy atom. The molecule has 0 saturated heterocycles. The summed E-state index contributed by atoms with van der Waals surface area (Å²) in [5, 5.41) is 8.46. The molecule has 0 aliphatic rings. The Hall–Kier alpha value is -0.830. The second-order valence-electron chi connectivity index (χ2n) is 3.19. The highest BCUT2D eigenvalue weighted by Crippen LogP contribution is 2.11. The summed E-state index contributed by atoms with van der Waals surface area (Å²) < 4.78 is 4.75. The maximum absolute atomic E-state index is 11.2. The molecule has 0 aromatic rings. The van der Waals surface area contributed by atoms with Crippen LogP contribution in [0.25, 0.3) is 0 Å². The van der Waals surface area contributed by atoms with E-state index >= 15 is 0 Å². The van der Waals surface area contributed by atoms with Crippen molar-refractivity contribution >= 4 is 5.97 Å². The molecule has 0 radical (unpaired) electrons. The van der Waals surface area contributed by atoms with E-state index in [0.717, 1.165) is 31.3 Å². The number of carbonyl (C=O) groups is 1. The molecule has 3 nitrogen and oxygen atoms in total. The molecule has 0 amide bonds. The maximum atomic E-state index is 11.2. The van der Waals surface area contributed by atoms with Crippen molar-refractivity contribution in [2.45, 2.75) is 39.5 Å². The average Bonchev–Trinajstić information content (AvgIpc) is 2.15. The van der Waals surface area contributed by atoms with Crippen molar-refractivity contribution in [3.63, 3.8) is 0 Å². The van der Waals surface area contributed by atoms with Crippen LogP contribution < -0.4 is 0 Å². The van der Waals surface area contributed by atoms with E-state index in [1.165, 1.54) is 0 Å². The highest BCUT2D eigenvalue weighted by Gasteiger charge is 2.01. The van der Waals surface area contributed by atoms with Gasteiger partial charge < -0.3 is 9.84 Å². The van der Waals surface area contributed by atoms with Crippen molar-refractivity contribution in [2.24, 2.45) is 0 Å². The van der Waals surface area contributed by atoms with Gasteiger partial charge in [0, 0.05) is 6.08 Å². The molecule has 0 unspecified atom stereocenters. The molecule has 0 bridgehead atoms. The van der Waals surface area contributed by atoms with Crippen LogP contribution in [0.15, 0.2) is 11.6 Å². The molecule has 0 fully saturated rings. The fourth-order valence-corrected chi connectivity index (χ4v) is 1.27. The third kappa shape index (κ3) is 6.66. The van der Waals surface area contributed by atoms with Crippen molar-refractivity contribution in [1.29, 1.82) is 0 Å². The molecule has 0 spiro atoms. The number of aliphatic hydroxyl groups is 1. The minimum Gasteiger partial charge on any atom is -0.460 e. The summed E-state index contributed by atoms with van der Waals surface area (Å²) in [5.41, 5.74) is 1.14. The zero-order valence-corrected chi connectivity index (χ0v) is 9.08. The lowest BCUT2D eigenvalue weighted by atomic mass is 10.1. The van der Waals surface area contributed by atoms with E-state index in [9.17, 15) is 4.79 Å². The lowest BCUT2D eigenvalue weighted by Gasteiger charge is -2.04. The van der Waals surface area contributed by atoms with Gasteiger partial charge >= 0.3 is 5.97 Å². The van der Waals surface area contributed by atoms with Crippen molar-refractivity contribution < 1.29 is 14.6 Å². The Kier molecular flexibility index (Phi) is 8.24. The standard InChI is InChI=1S/C11H20O3/c1-3-5-10(6-4-2)9-11(13)14-8-7-12/h9,12H,3-8H2,1-2H3. The minimum absolute atomic E-state index is 0.0842. The first kappa shape index (κ1) is 13.2. The van der Waals surface area contributed by atoms with Crippen LogP contribution in [0.1, 0.15) is 39.5 Å². The van der Waals surface area contributed by atoms with Crippen molar-refractivity contribution in [3.8, 4) is 0 Å². The van der Waals surface area contributed by atoms with E-state index in [4.69, 9.17) is 9.84 Å². The molecular weight excluding hydrogens is 180 g/mol. The molecule has 0 aliphatic heterocycles. The molecule has 82 valence electrons. The molecule has 3 heteroatoms. The van der Waals surface area contributed by atoms with Gasteiger partial charge in [0.2, 0.25) is 0 Å². The summed E-state index contributed by atoms with van der Waals surface area (Å²) >= 11 is 0. The summed E-state index contributed by atoms with van der Waals surface area (Å²) in [7, 11) is 0. The van der Waals surface area contributed by atoms with Crippen LogP contribution in [-0.2, 0) is 9.53 Å². The Morgan fingerprint density at radius 3 is 2.29 bits per heavy atom. The van der Waals surface area contributed by atoms with Crippen LogP contribution in [0.5, 0.6) is 0 Å². The predicted molar refractivity (Wildman–Crippen MR) is 55.9 cm³/mol. The zero-order chi connectivity index (χ0) is 10.8. The first-order valence-corrected chi connectivity index (χ1v) is 5.21. The topological polar surface area (TPSA) is 46.5 Å². The van der Waals surface area contributed by atoms with Crippen molar-refractivity contribution in [3.05, 3.63) is 11.6 Å². The summed E-state index contributed by atoms with van der Waals surface area (Å²) in [4.78, 5) is 11.2. The smallest absolute Gasteiger partial charge is 0.330 e. The van der Waals surface area contributed by atoms with Gasteiger partial charge in [-0.3, -0.25) is 0 Å². The number of aliphatic hydroxyl groups excluding tert-OH is 1. The highest BCUT2D eigenvalue weighted by molar-refractivity contribution is 5.82. The van der Waals surface area contributed by atoms with E-state index in [0.29, 0.717) is 0 Å². The van der Waals surface area contributed by atoms with E-state index in [1.54, 1.807) is 6.08 Å². The van der Waals surface area contributed by atoms with Gasteiger partial charge in [0.15, 0.2) is 0 Å². The Labute approximate surface area is 85.8 Å². The Morgan fingerprint density at radius 1 is 1.29 bits per heavy atom. The van der Waals surface area contributed by atoms with Gasteiger partial charge in [-0.1, -0.05) is 32.3 Å². The first-order valence-electron chi connectivity index (χ1n) is 5.21. The molecule has 0 saturated carbocycles. The van der Waals surface area contributed by atoms with Gasteiger partial charge in [-0.2, -0.15) is 0 Å². The molecule has 14 heavy (non-hydrogen) atoms. The summed E-state index contributed by atoms with van der Waals surface area (Å²) in [5.74, 6) is -0.337. The highest BCUT2D eigenvalue weighted by atomic mass is 16.5. The normalized spacial score (nSPS) is 9.64. The minimum atomic E-state index is -0.337. The van der Waals surface area contributed by atoms with Crippen LogP contribution in [0.3, 0.4) is 0 Å². The van der Waals surface area contributed by atoms with E-state index in [2.05, 4.69) is 13.8 Å². The summed E-state index contributed by atoms with van der Waals surface area (Å²) in [6.45, 7) is 4.14. The van der Waals surface area contributed by atoms with Gasteiger partial charge in [0.1, 0.15) is 6.61 Å². The van der Waals surface area contributed by atoms with E-state index in [1.807, 2.05) is 0 Å². The second kappa shape index (κ2) is 8.75. The lowest BCUT2D eigenvalue weighted by Crippen LogP contribution is -2.06. The molecule has 1 N–H and O–H groups in total. The van der Waals surface area contributed by atoms with Crippen LogP contribution in [-0.4, -0.2) is 24.3 Å². The van der Waals surface area contributed by atoms with Gasteiger partial charge in [-0.15, -0.1) is 0 Å². The lowest BCUT2D eigenvalue weighted by molar-refractivity contribution is -0.138. The number of carbonyl (C=O) groups excluding carboxylic acids is 1. The van der Waals surface area contributed by atoms with Crippen LogP contribution in [0, 0.1) is 0 Å². The number of rotatable bonds is 7. The molecule has 0 aromatic heterocycles. The summed E-state index contributed by atoms with van der Waals surface area (Å²) in [6, 6.07) is 0. The second-order valence-corrected chi connectivity index (χ2v) is 3.19. The van der Waals surface area contributed by atoms with Gasteiger partial charge in [-0.25, -0.2) is 4.79 Å². The monoisotopic (exact) mass is 200 g/mol. The fourth-order valence-electron chi connectivity index (χ4n) is 1.27. The van der Waals surface area contributed by atoms with Gasteiger partial charge in [-0.05, 0) is 12.8 Å². The van der Waals surface area contributed by atoms with E-state index in [-0.39, 0.29) is 19.2 Å². The SMILES string of the molecule is CCCC(=CC(=O)OCCO)CCC. The third-order valence-corrected chi connectivity index (χ3v) is 1.80. The fraction of sp³-hybridized carbons (Fsp3) is 0.727. The molecule has 0 atom stereocenters. The summed E-state index contributed by atoms with van der Waals surface area (Å²) in [6.07, 6.45) is 5.53. The van der Waals surface area contributed by atoms with Crippen molar-refractivity contribution in [1.82, 2.24) is 0 Å². The number of esters is 1. The van der Waals surface area contributed by atoms with Gasteiger partial charge in [0.05, 0.1) is 6.61 Å². The average molecular weight is 200 g/mol. The molecular formula is C11H20O3. The first-order chi connectivity index (χ1) is 6.74. The third-order valence-electron chi connectivity index (χ3n) is 1.80. The van der Waals surface area contributed by atoms with Crippen molar-refractivity contribution in [2.75, 3.05) is 13.2 Å². The Bertz CT molecular complexity index is 177. The predicted octanol–water partition coefficient (Wildman–Crippen LogP) is 2.05. The van der Waals surface area contributed by atoms with Crippen LogP contribution in [0.4, 0.5) is 0 Å². The number of ether oxygens (including phenoxy) is 1. The largest absolute Gasteiger partial charge is 0.460 e. The van der Waals surface area contributed by atoms with Gasteiger partial charge in [0.25, 0.3) is 0 Å². The quantitative estimate of drug-likeness (QED) is 0.505. The number of allylic oxidation sites excluding steroid dienone is 1. The number of hydrogen-bond acceptors (Lipinski definition) is 3. The Balaban J connectivity index is 4.03. The molecule has 0 heterocycles. The van der Waals surface area contributed by atoms with Crippen LogP contribution >= 0.6 is 0 Å². The number of hydrogen-bond donors (Lipinski definition) is 1.